The van der Waals surface area contributed by atoms with E-state index in [9.17, 15) is 4.79 Å². The summed E-state index contributed by atoms with van der Waals surface area (Å²) in [5.74, 6) is 0.786. The third-order valence-electron chi connectivity index (χ3n) is 2.85. The average molecular weight is 258 g/mol. The number of rotatable bonds is 5. The van der Waals surface area contributed by atoms with Crippen molar-refractivity contribution < 1.29 is 9.53 Å². The summed E-state index contributed by atoms with van der Waals surface area (Å²) in [6.07, 6.45) is 2.72. The molecule has 0 N–H and O–H groups in total. The van der Waals surface area contributed by atoms with Gasteiger partial charge in [-0.05, 0) is 37.6 Å². The summed E-state index contributed by atoms with van der Waals surface area (Å²) >= 11 is 0. The van der Waals surface area contributed by atoms with Gasteiger partial charge in [-0.1, -0.05) is 6.92 Å². The molecule has 0 aliphatic rings. The highest BCUT2D eigenvalue weighted by Gasteiger charge is 2.14. The molecule has 2 aromatic rings. The first-order valence-electron chi connectivity index (χ1n) is 6.39. The summed E-state index contributed by atoms with van der Waals surface area (Å²) in [5, 5.41) is 4.19. The van der Waals surface area contributed by atoms with E-state index in [0.29, 0.717) is 17.7 Å². The van der Waals surface area contributed by atoms with Crippen LogP contribution in [0.4, 0.5) is 0 Å². The van der Waals surface area contributed by atoms with Gasteiger partial charge in [-0.3, -0.25) is 9.48 Å². The molecule has 100 valence electrons. The lowest BCUT2D eigenvalue weighted by molar-refractivity contribution is 0.103. The minimum atomic E-state index is -0.00681. The quantitative estimate of drug-likeness (QED) is 0.774. The first-order chi connectivity index (χ1) is 9.11. The van der Waals surface area contributed by atoms with Crippen molar-refractivity contribution in [2.75, 3.05) is 6.61 Å². The zero-order chi connectivity index (χ0) is 13.8. The van der Waals surface area contributed by atoms with Crippen LogP contribution < -0.4 is 4.74 Å². The van der Waals surface area contributed by atoms with Gasteiger partial charge >= 0.3 is 0 Å². The van der Waals surface area contributed by atoms with Crippen LogP contribution in [0, 0.1) is 6.92 Å². The molecule has 0 unspecified atom stereocenters. The average Bonchev–Trinajstić information content (AvgIpc) is 2.75. The maximum atomic E-state index is 12.3. The number of ketones is 1. The van der Waals surface area contributed by atoms with E-state index >= 15 is 0 Å². The summed E-state index contributed by atoms with van der Waals surface area (Å²) in [5.41, 5.74) is 2.04. The molecule has 0 saturated carbocycles. The summed E-state index contributed by atoms with van der Waals surface area (Å²) in [4.78, 5) is 12.3. The van der Waals surface area contributed by atoms with Gasteiger partial charge in [0.05, 0.1) is 17.9 Å². The minimum absolute atomic E-state index is 0.00681. The lowest BCUT2D eigenvalue weighted by atomic mass is 10.0. The Hall–Kier alpha value is -2.10. The fourth-order valence-electron chi connectivity index (χ4n) is 1.90. The molecule has 0 saturated heterocycles. The zero-order valence-corrected chi connectivity index (χ0v) is 11.5. The second-order valence-corrected chi connectivity index (χ2v) is 4.50. The molecule has 0 radical (unpaired) electrons. The van der Waals surface area contributed by atoms with Gasteiger partial charge in [0, 0.05) is 18.8 Å². The van der Waals surface area contributed by atoms with Gasteiger partial charge in [-0.25, -0.2) is 0 Å². The van der Waals surface area contributed by atoms with Gasteiger partial charge in [0.2, 0.25) is 0 Å². The van der Waals surface area contributed by atoms with Gasteiger partial charge in [0.25, 0.3) is 0 Å². The Bertz CT molecular complexity index is 570. The van der Waals surface area contributed by atoms with Crippen LogP contribution in [-0.4, -0.2) is 22.2 Å². The van der Waals surface area contributed by atoms with Gasteiger partial charge in [0.15, 0.2) is 5.78 Å². The normalized spacial score (nSPS) is 10.5. The van der Waals surface area contributed by atoms with Gasteiger partial charge in [0.1, 0.15) is 5.75 Å². The standard InChI is InChI=1S/C15H18N2O2/c1-4-9-19-13-7-5-12(6-8-13)15(18)14-10-17(3)16-11(14)2/h5-8,10H,4,9H2,1-3H3. The van der Waals surface area contributed by atoms with Crippen molar-refractivity contribution in [1.29, 1.82) is 0 Å². The first-order valence-corrected chi connectivity index (χ1v) is 6.39. The highest BCUT2D eigenvalue weighted by Crippen LogP contribution is 2.17. The van der Waals surface area contributed by atoms with Crippen molar-refractivity contribution >= 4 is 5.78 Å². The predicted molar refractivity (Wildman–Crippen MR) is 73.6 cm³/mol. The van der Waals surface area contributed by atoms with E-state index in [4.69, 9.17) is 4.74 Å². The van der Waals surface area contributed by atoms with Crippen LogP contribution in [0.15, 0.2) is 30.5 Å². The molecule has 0 atom stereocenters. The molecule has 0 spiro atoms. The number of aromatic nitrogens is 2. The van der Waals surface area contributed by atoms with E-state index in [0.717, 1.165) is 17.9 Å². The SMILES string of the molecule is CCCOc1ccc(C(=O)c2cn(C)nc2C)cc1. The molecule has 0 fully saturated rings. The number of nitrogens with zero attached hydrogens (tertiary/aromatic N) is 2. The fourth-order valence-corrected chi connectivity index (χ4v) is 1.90. The third-order valence-corrected chi connectivity index (χ3v) is 2.85. The van der Waals surface area contributed by atoms with Crippen LogP contribution in [0.5, 0.6) is 5.75 Å². The lowest BCUT2D eigenvalue weighted by Gasteiger charge is -2.05. The largest absolute Gasteiger partial charge is 0.494 e. The Morgan fingerprint density at radius 1 is 1.32 bits per heavy atom. The summed E-state index contributed by atoms with van der Waals surface area (Å²) in [6, 6.07) is 7.24. The van der Waals surface area contributed by atoms with Crippen LogP contribution in [-0.2, 0) is 7.05 Å². The third kappa shape index (κ3) is 3.02. The van der Waals surface area contributed by atoms with Gasteiger partial charge < -0.3 is 4.74 Å². The number of hydrogen-bond acceptors (Lipinski definition) is 3. The second kappa shape index (κ2) is 5.69. The van der Waals surface area contributed by atoms with Crippen LogP contribution in [0.3, 0.4) is 0 Å². The summed E-state index contributed by atoms with van der Waals surface area (Å²) in [7, 11) is 1.81. The fraction of sp³-hybridized carbons (Fsp3) is 0.333. The van der Waals surface area contributed by atoms with Crippen molar-refractivity contribution in [3.8, 4) is 5.75 Å². The molecule has 0 bridgehead atoms. The van der Waals surface area contributed by atoms with Gasteiger partial charge in [-0.15, -0.1) is 0 Å². The number of ether oxygens (including phenoxy) is 1. The Kier molecular flexibility index (Phi) is 4.00. The number of carbonyl (C=O) groups excluding carboxylic acids is 1. The van der Waals surface area contributed by atoms with E-state index in [-0.39, 0.29) is 5.78 Å². The zero-order valence-electron chi connectivity index (χ0n) is 11.5. The summed E-state index contributed by atoms with van der Waals surface area (Å²) < 4.78 is 7.15. The molecule has 1 aromatic heterocycles. The number of aryl methyl sites for hydroxylation is 2. The molecule has 1 aromatic carbocycles. The van der Waals surface area contributed by atoms with Crippen LogP contribution in [0.25, 0.3) is 0 Å². The maximum Gasteiger partial charge on any atom is 0.196 e. The highest BCUT2D eigenvalue weighted by molar-refractivity contribution is 6.09. The smallest absolute Gasteiger partial charge is 0.196 e. The molecule has 4 nitrogen and oxygen atoms in total. The Morgan fingerprint density at radius 2 is 2.00 bits per heavy atom. The first kappa shape index (κ1) is 13.3. The molecule has 19 heavy (non-hydrogen) atoms. The maximum absolute atomic E-state index is 12.3. The van der Waals surface area contributed by atoms with Crippen LogP contribution in [0.1, 0.15) is 35.0 Å². The van der Waals surface area contributed by atoms with Crippen LogP contribution >= 0.6 is 0 Å². The number of hydrogen-bond donors (Lipinski definition) is 0. The monoisotopic (exact) mass is 258 g/mol. The van der Waals surface area contributed by atoms with Crippen molar-refractivity contribution in [1.82, 2.24) is 9.78 Å². The van der Waals surface area contributed by atoms with E-state index in [1.54, 1.807) is 23.0 Å². The predicted octanol–water partition coefficient (Wildman–Crippen LogP) is 2.75. The second-order valence-electron chi connectivity index (χ2n) is 4.50. The van der Waals surface area contributed by atoms with Gasteiger partial charge in [-0.2, -0.15) is 5.10 Å². The molecular formula is C15H18N2O2. The molecular weight excluding hydrogens is 240 g/mol. The lowest BCUT2D eigenvalue weighted by Crippen LogP contribution is -2.02. The molecule has 0 amide bonds. The van der Waals surface area contributed by atoms with Crippen molar-refractivity contribution in [2.45, 2.75) is 20.3 Å². The number of carbonyl (C=O) groups is 1. The van der Waals surface area contributed by atoms with Crippen molar-refractivity contribution in [3.05, 3.63) is 47.3 Å². The Labute approximate surface area is 113 Å². The number of benzene rings is 1. The minimum Gasteiger partial charge on any atom is -0.494 e. The van der Waals surface area contributed by atoms with Crippen LogP contribution in [0.2, 0.25) is 0 Å². The van der Waals surface area contributed by atoms with Crippen molar-refractivity contribution in [3.63, 3.8) is 0 Å². The van der Waals surface area contributed by atoms with E-state index < -0.39 is 0 Å². The van der Waals surface area contributed by atoms with Crippen molar-refractivity contribution in [2.24, 2.45) is 7.05 Å². The molecule has 1 heterocycles. The topological polar surface area (TPSA) is 44.1 Å². The highest BCUT2D eigenvalue weighted by atomic mass is 16.5. The molecule has 0 aliphatic carbocycles. The molecule has 0 aliphatic heterocycles. The Morgan fingerprint density at radius 3 is 2.53 bits per heavy atom. The Balaban J connectivity index is 2.18. The summed E-state index contributed by atoms with van der Waals surface area (Å²) in [6.45, 7) is 4.59. The van der Waals surface area contributed by atoms with E-state index in [1.165, 1.54) is 0 Å². The van der Waals surface area contributed by atoms with E-state index in [2.05, 4.69) is 12.0 Å². The van der Waals surface area contributed by atoms with E-state index in [1.807, 2.05) is 26.1 Å². The molecule has 4 heteroatoms. The molecule has 2 rings (SSSR count).